The van der Waals surface area contributed by atoms with Gasteiger partial charge < -0.3 is 10.4 Å². The van der Waals surface area contributed by atoms with Crippen molar-refractivity contribution in [3.8, 4) is 10.6 Å². The van der Waals surface area contributed by atoms with Gasteiger partial charge in [-0.25, -0.2) is 9.37 Å². The first-order chi connectivity index (χ1) is 9.71. The van der Waals surface area contributed by atoms with Gasteiger partial charge in [-0.2, -0.15) is 0 Å². The van der Waals surface area contributed by atoms with Crippen LogP contribution in [0.15, 0.2) is 29.6 Å². The normalized spacial score (nSPS) is 16.9. The second-order valence-electron chi connectivity index (χ2n) is 5.30. The first-order valence-electron chi connectivity index (χ1n) is 6.77. The molecule has 1 aliphatic rings. The quantitative estimate of drug-likeness (QED) is 0.890. The van der Waals surface area contributed by atoms with E-state index in [9.17, 15) is 9.50 Å². The number of aliphatic hydroxyl groups excluding tert-OH is 1. The maximum Gasteiger partial charge on any atom is 0.123 e. The van der Waals surface area contributed by atoms with Crippen molar-refractivity contribution >= 4 is 11.3 Å². The van der Waals surface area contributed by atoms with E-state index in [4.69, 9.17) is 0 Å². The SMILES string of the molecule is OCC1(NCc2csc(-c3ccc(F)cc3)n2)CCC1. The van der Waals surface area contributed by atoms with E-state index in [1.807, 2.05) is 5.38 Å². The number of rotatable bonds is 5. The molecule has 2 N–H and O–H groups in total. The minimum Gasteiger partial charge on any atom is -0.394 e. The number of aliphatic hydroxyl groups is 1. The molecule has 0 radical (unpaired) electrons. The van der Waals surface area contributed by atoms with Crippen LogP contribution in [-0.4, -0.2) is 22.2 Å². The van der Waals surface area contributed by atoms with Crippen LogP contribution in [0.1, 0.15) is 25.0 Å². The molecule has 0 aliphatic heterocycles. The van der Waals surface area contributed by atoms with Gasteiger partial charge in [0, 0.05) is 23.0 Å². The van der Waals surface area contributed by atoms with E-state index in [1.165, 1.54) is 18.6 Å². The largest absolute Gasteiger partial charge is 0.394 e. The molecule has 0 saturated heterocycles. The van der Waals surface area contributed by atoms with Gasteiger partial charge in [0.2, 0.25) is 0 Å². The van der Waals surface area contributed by atoms with E-state index in [0.717, 1.165) is 29.1 Å². The van der Waals surface area contributed by atoms with Gasteiger partial charge in [0.15, 0.2) is 0 Å². The predicted octanol–water partition coefficient (Wildman–Crippen LogP) is 2.95. The van der Waals surface area contributed by atoms with Crippen molar-refractivity contribution in [2.75, 3.05) is 6.61 Å². The minimum absolute atomic E-state index is 0.0976. The molecule has 1 fully saturated rings. The van der Waals surface area contributed by atoms with E-state index >= 15 is 0 Å². The maximum atomic E-state index is 12.9. The van der Waals surface area contributed by atoms with Crippen LogP contribution < -0.4 is 5.32 Å². The molecule has 2 aromatic rings. The summed E-state index contributed by atoms with van der Waals surface area (Å²) in [5.41, 5.74) is 1.80. The van der Waals surface area contributed by atoms with E-state index in [2.05, 4.69) is 10.3 Å². The van der Waals surface area contributed by atoms with Crippen LogP contribution in [0, 0.1) is 5.82 Å². The van der Waals surface area contributed by atoms with E-state index in [1.54, 1.807) is 23.5 Å². The van der Waals surface area contributed by atoms with E-state index in [-0.39, 0.29) is 18.0 Å². The van der Waals surface area contributed by atoms with Gasteiger partial charge in [0.05, 0.1) is 12.3 Å². The summed E-state index contributed by atoms with van der Waals surface area (Å²) in [6.07, 6.45) is 3.22. The Labute approximate surface area is 121 Å². The molecule has 1 heterocycles. The van der Waals surface area contributed by atoms with Crippen molar-refractivity contribution in [1.29, 1.82) is 0 Å². The van der Waals surface area contributed by atoms with Gasteiger partial charge in [-0.15, -0.1) is 11.3 Å². The van der Waals surface area contributed by atoms with Crippen LogP contribution in [-0.2, 0) is 6.54 Å². The molecule has 106 valence electrons. The molecule has 1 saturated carbocycles. The Balaban J connectivity index is 1.66. The maximum absolute atomic E-state index is 12.9. The van der Waals surface area contributed by atoms with Crippen LogP contribution in [0.25, 0.3) is 10.6 Å². The lowest BCUT2D eigenvalue weighted by Gasteiger charge is -2.41. The van der Waals surface area contributed by atoms with Crippen molar-refractivity contribution in [3.05, 3.63) is 41.2 Å². The first-order valence-corrected chi connectivity index (χ1v) is 7.65. The number of benzene rings is 1. The van der Waals surface area contributed by atoms with Crippen LogP contribution in [0.4, 0.5) is 4.39 Å². The number of nitrogens with zero attached hydrogens (tertiary/aromatic N) is 1. The fourth-order valence-corrected chi connectivity index (χ4v) is 3.21. The monoisotopic (exact) mass is 292 g/mol. The highest BCUT2D eigenvalue weighted by atomic mass is 32.1. The molecule has 20 heavy (non-hydrogen) atoms. The van der Waals surface area contributed by atoms with Crippen molar-refractivity contribution in [2.24, 2.45) is 0 Å². The topological polar surface area (TPSA) is 45.1 Å². The summed E-state index contributed by atoms with van der Waals surface area (Å²) in [6, 6.07) is 6.38. The third-order valence-electron chi connectivity index (χ3n) is 3.90. The van der Waals surface area contributed by atoms with Crippen LogP contribution >= 0.6 is 11.3 Å². The van der Waals surface area contributed by atoms with Crippen molar-refractivity contribution < 1.29 is 9.50 Å². The highest BCUT2D eigenvalue weighted by molar-refractivity contribution is 7.13. The summed E-state index contributed by atoms with van der Waals surface area (Å²) in [5, 5.41) is 15.7. The summed E-state index contributed by atoms with van der Waals surface area (Å²) < 4.78 is 12.9. The molecule has 1 aromatic carbocycles. The van der Waals surface area contributed by atoms with Gasteiger partial charge in [-0.3, -0.25) is 0 Å². The molecule has 5 heteroatoms. The lowest BCUT2D eigenvalue weighted by Crippen LogP contribution is -2.53. The van der Waals surface area contributed by atoms with Gasteiger partial charge in [-0.1, -0.05) is 0 Å². The standard InChI is InChI=1S/C15H17FN2OS/c16-12-4-2-11(3-5-12)14-18-13(9-20-14)8-17-15(10-19)6-1-7-15/h2-5,9,17,19H,1,6-8,10H2. The van der Waals surface area contributed by atoms with Gasteiger partial charge in [0.1, 0.15) is 10.8 Å². The lowest BCUT2D eigenvalue weighted by atomic mass is 9.77. The van der Waals surface area contributed by atoms with E-state index in [0.29, 0.717) is 6.54 Å². The molecule has 0 atom stereocenters. The minimum atomic E-state index is -0.234. The summed E-state index contributed by atoms with van der Waals surface area (Å²) in [5.74, 6) is -0.234. The second-order valence-corrected chi connectivity index (χ2v) is 6.15. The molecule has 0 bridgehead atoms. The van der Waals surface area contributed by atoms with Crippen molar-refractivity contribution in [3.63, 3.8) is 0 Å². The smallest absolute Gasteiger partial charge is 0.123 e. The summed E-state index contributed by atoms with van der Waals surface area (Å²) in [4.78, 5) is 4.56. The Hall–Kier alpha value is -1.30. The Morgan fingerprint density at radius 2 is 2.05 bits per heavy atom. The van der Waals surface area contributed by atoms with Gasteiger partial charge >= 0.3 is 0 Å². The number of halogens is 1. The number of aromatic nitrogens is 1. The Bertz CT molecular complexity index is 572. The first kappa shape index (κ1) is 13.7. The van der Waals surface area contributed by atoms with Crippen molar-refractivity contribution in [2.45, 2.75) is 31.3 Å². The molecule has 1 aliphatic carbocycles. The summed E-state index contributed by atoms with van der Waals surface area (Å²) in [6.45, 7) is 0.847. The molecule has 1 aromatic heterocycles. The molecule has 3 nitrogen and oxygen atoms in total. The van der Waals surface area contributed by atoms with Crippen LogP contribution in [0.3, 0.4) is 0 Å². The van der Waals surface area contributed by atoms with Crippen LogP contribution in [0.5, 0.6) is 0 Å². The number of thiazole rings is 1. The Morgan fingerprint density at radius 3 is 2.65 bits per heavy atom. The Kier molecular flexibility index (Phi) is 3.83. The Morgan fingerprint density at radius 1 is 1.30 bits per heavy atom. The molecule has 3 rings (SSSR count). The lowest BCUT2D eigenvalue weighted by molar-refractivity contribution is 0.0869. The summed E-state index contributed by atoms with van der Waals surface area (Å²) >= 11 is 1.56. The zero-order valence-electron chi connectivity index (χ0n) is 11.1. The number of nitrogens with one attached hydrogen (secondary N) is 1. The van der Waals surface area contributed by atoms with Gasteiger partial charge in [0.25, 0.3) is 0 Å². The fourth-order valence-electron chi connectivity index (χ4n) is 2.39. The number of hydrogen-bond acceptors (Lipinski definition) is 4. The third kappa shape index (κ3) is 2.75. The van der Waals surface area contributed by atoms with Crippen molar-refractivity contribution in [1.82, 2.24) is 10.3 Å². The highest BCUT2D eigenvalue weighted by Crippen LogP contribution is 2.32. The molecule has 0 spiro atoms. The van der Waals surface area contributed by atoms with Gasteiger partial charge in [-0.05, 0) is 43.5 Å². The average Bonchev–Trinajstić information content (AvgIpc) is 2.88. The highest BCUT2D eigenvalue weighted by Gasteiger charge is 2.35. The molecular formula is C15H17FN2OS. The number of hydrogen-bond donors (Lipinski definition) is 2. The molecule has 0 unspecified atom stereocenters. The van der Waals surface area contributed by atoms with E-state index < -0.39 is 0 Å². The second kappa shape index (κ2) is 5.60. The molecule has 0 amide bonds. The predicted molar refractivity (Wildman–Crippen MR) is 78.0 cm³/mol. The average molecular weight is 292 g/mol. The zero-order chi connectivity index (χ0) is 14.0. The summed E-state index contributed by atoms with van der Waals surface area (Å²) in [7, 11) is 0. The fraction of sp³-hybridized carbons (Fsp3) is 0.400. The van der Waals surface area contributed by atoms with Crippen LogP contribution in [0.2, 0.25) is 0 Å². The third-order valence-corrected chi connectivity index (χ3v) is 4.84. The molecular weight excluding hydrogens is 275 g/mol. The zero-order valence-corrected chi connectivity index (χ0v) is 11.9.